The fourth-order valence-corrected chi connectivity index (χ4v) is 3.94. The van der Waals surface area contributed by atoms with Crippen molar-refractivity contribution in [2.75, 3.05) is 39.3 Å². The highest BCUT2D eigenvalue weighted by Gasteiger charge is 2.35. The van der Waals surface area contributed by atoms with Gasteiger partial charge in [-0.1, -0.05) is 12.8 Å². The van der Waals surface area contributed by atoms with E-state index in [2.05, 4.69) is 4.90 Å². The van der Waals surface area contributed by atoms with Crippen LogP contribution >= 0.6 is 0 Å². The number of amides is 1. The van der Waals surface area contributed by atoms with Gasteiger partial charge in [-0.15, -0.1) is 0 Å². The van der Waals surface area contributed by atoms with Crippen molar-refractivity contribution in [2.45, 2.75) is 45.8 Å². The minimum absolute atomic E-state index is 0.0594. The zero-order valence-corrected chi connectivity index (χ0v) is 15.0. The highest BCUT2D eigenvalue weighted by Crippen LogP contribution is 2.33. The Bertz CT molecular complexity index is 438. The van der Waals surface area contributed by atoms with Crippen LogP contribution in [-0.2, 0) is 9.59 Å². The van der Waals surface area contributed by atoms with Crippen molar-refractivity contribution in [3.8, 4) is 0 Å². The van der Waals surface area contributed by atoms with Gasteiger partial charge >= 0.3 is 0 Å². The van der Waals surface area contributed by atoms with Gasteiger partial charge in [0.25, 0.3) is 0 Å². The second-order valence-electron chi connectivity index (χ2n) is 7.16. The first-order chi connectivity index (χ1) is 11.4. The summed E-state index contributed by atoms with van der Waals surface area (Å²) in [6.07, 6.45) is 3.05. The first kappa shape index (κ1) is 19.3. The van der Waals surface area contributed by atoms with Crippen LogP contribution in [0.1, 0.15) is 39.5 Å². The van der Waals surface area contributed by atoms with Crippen LogP contribution in [0.4, 0.5) is 0 Å². The van der Waals surface area contributed by atoms with Gasteiger partial charge < -0.3 is 10.0 Å². The van der Waals surface area contributed by atoms with Crippen molar-refractivity contribution in [1.82, 2.24) is 14.8 Å². The lowest BCUT2D eigenvalue weighted by Crippen LogP contribution is -2.54. The van der Waals surface area contributed by atoms with Crippen molar-refractivity contribution >= 4 is 11.7 Å². The molecule has 1 saturated carbocycles. The van der Waals surface area contributed by atoms with E-state index in [0.29, 0.717) is 6.54 Å². The Hall–Kier alpha value is -1.02. The van der Waals surface area contributed by atoms with Gasteiger partial charge in [0.15, 0.2) is 0 Å². The number of Topliss-reactive ketones (excluding diaryl/α,β-unsaturated/α-hetero) is 1. The Balaban J connectivity index is 1.78. The van der Waals surface area contributed by atoms with Crippen LogP contribution in [0.25, 0.3) is 0 Å². The third-order valence-corrected chi connectivity index (χ3v) is 5.56. The zero-order valence-electron chi connectivity index (χ0n) is 15.0. The van der Waals surface area contributed by atoms with Crippen molar-refractivity contribution in [3.63, 3.8) is 0 Å². The van der Waals surface area contributed by atoms with E-state index in [4.69, 9.17) is 5.84 Å². The number of aliphatic hydroxyl groups excluding tert-OH is 1. The summed E-state index contributed by atoms with van der Waals surface area (Å²) in [6.45, 7) is 7.70. The maximum Gasteiger partial charge on any atom is 0.219 e. The Labute approximate surface area is 144 Å². The summed E-state index contributed by atoms with van der Waals surface area (Å²) in [7, 11) is 0. The maximum absolute atomic E-state index is 11.8. The number of hydrogen-bond acceptors (Lipinski definition) is 6. The topological polar surface area (TPSA) is 90.1 Å². The third-order valence-electron chi connectivity index (χ3n) is 5.56. The van der Waals surface area contributed by atoms with Crippen LogP contribution in [0.3, 0.4) is 0 Å². The summed E-state index contributed by atoms with van der Waals surface area (Å²) in [5, 5.41) is 12.1. The normalized spacial score (nSPS) is 27.3. The Morgan fingerprint density at radius 2 is 1.79 bits per heavy atom. The van der Waals surface area contributed by atoms with Crippen LogP contribution < -0.4 is 5.84 Å². The molecule has 1 amide bonds. The smallest absolute Gasteiger partial charge is 0.219 e. The molecule has 1 aliphatic heterocycles. The maximum atomic E-state index is 11.8. The molecule has 1 heterocycles. The van der Waals surface area contributed by atoms with E-state index in [-0.39, 0.29) is 23.5 Å². The number of piperazine rings is 1. The number of ketones is 1. The van der Waals surface area contributed by atoms with Crippen LogP contribution in [0.2, 0.25) is 0 Å². The van der Waals surface area contributed by atoms with E-state index in [0.717, 1.165) is 58.4 Å². The summed E-state index contributed by atoms with van der Waals surface area (Å²) in [6, 6.07) is 0. The predicted octanol–water partition coefficient (Wildman–Crippen LogP) is 0.0400. The number of carbonyl (C=O) groups excluding carboxylic acids is 2. The molecule has 1 saturated heterocycles. The van der Waals surface area contributed by atoms with E-state index in [1.165, 1.54) is 5.01 Å². The van der Waals surface area contributed by atoms with Crippen LogP contribution in [0.15, 0.2) is 0 Å². The summed E-state index contributed by atoms with van der Waals surface area (Å²) < 4.78 is 0. The molecule has 1 aliphatic carbocycles. The van der Waals surface area contributed by atoms with Crippen molar-refractivity contribution < 1.29 is 14.7 Å². The van der Waals surface area contributed by atoms with Gasteiger partial charge in [-0.3, -0.25) is 20.3 Å². The van der Waals surface area contributed by atoms with Crippen LogP contribution in [0.5, 0.6) is 0 Å². The van der Waals surface area contributed by atoms with Gasteiger partial charge in [0.1, 0.15) is 12.0 Å². The van der Waals surface area contributed by atoms with Gasteiger partial charge in [-0.05, 0) is 19.8 Å². The lowest BCUT2D eigenvalue weighted by Gasteiger charge is -2.38. The van der Waals surface area contributed by atoms with Crippen molar-refractivity contribution in [2.24, 2.45) is 17.7 Å². The molecular weight excluding hydrogens is 308 g/mol. The van der Waals surface area contributed by atoms with Crippen LogP contribution in [-0.4, -0.2) is 77.1 Å². The molecule has 3 atom stereocenters. The number of hydrazine groups is 1. The molecule has 2 aliphatic rings. The summed E-state index contributed by atoms with van der Waals surface area (Å²) in [5.74, 6) is 6.24. The number of nitrogens with two attached hydrogens (primary N) is 1. The first-order valence-corrected chi connectivity index (χ1v) is 9.08. The van der Waals surface area contributed by atoms with Gasteiger partial charge in [0.2, 0.25) is 5.91 Å². The Morgan fingerprint density at radius 3 is 2.38 bits per heavy atom. The standard InChI is InChI=1S/C17H32N4O3/c1-13(22)15-5-3-4-6-16(15)17(24)21(18)12-9-19-7-10-20(11-8-19)14(2)23/h15-17,24H,3-12,18H2,1-2H3/t15-,16?,17?/m0/s1. The van der Waals surface area contributed by atoms with Crippen LogP contribution in [0, 0.1) is 11.8 Å². The quantitative estimate of drug-likeness (QED) is 0.403. The van der Waals surface area contributed by atoms with Gasteiger partial charge in [-0.25, -0.2) is 5.01 Å². The van der Waals surface area contributed by atoms with E-state index in [1.54, 1.807) is 13.8 Å². The molecule has 2 unspecified atom stereocenters. The monoisotopic (exact) mass is 340 g/mol. The summed E-state index contributed by atoms with van der Waals surface area (Å²) in [4.78, 5) is 27.3. The number of carbonyl (C=O) groups is 2. The fraction of sp³-hybridized carbons (Fsp3) is 0.882. The molecule has 2 fully saturated rings. The van der Waals surface area contributed by atoms with E-state index in [1.807, 2.05) is 4.90 Å². The lowest BCUT2D eigenvalue weighted by atomic mass is 9.76. The minimum Gasteiger partial charge on any atom is -0.377 e. The number of nitrogens with zero attached hydrogens (tertiary/aromatic N) is 3. The first-order valence-electron chi connectivity index (χ1n) is 9.08. The molecule has 138 valence electrons. The van der Waals surface area contributed by atoms with Crippen molar-refractivity contribution in [1.29, 1.82) is 0 Å². The molecule has 0 aromatic heterocycles. The van der Waals surface area contributed by atoms with Gasteiger partial charge in [0.05, 0.1) is 0 Å². The number of aliphatic hydroxyl groups is 1. The van der Waals surface area contributed by atoms with E-state index < -0.39 is 6.23 Å². The molecule has 24 heavy (non-hydrogen) atoms. The molecule has 0 spiro atoms. The number of rotatable bonds is 6. The fourth-order valence-electron chi connectivity index (χ4n) is 3.94. The molecule has 0 aromatic carbocycles. The third kappa shape index (κ3) is 4.99. The molecule has 0 radical (unpaired) electrons. The summed E-state index contributed by atoms with van der Waals surface area (Å²) >= 11 is 0. The molecule has 0 bridgehead atoms. The SMILES string of the molecule is CC(=O)[C@@H]1CCCCC1C(O)N(N)CCN1CCN(C(C)=O)CC1. The molecule has 2 rings (SSSR count). The largest absolute Gasteiger partial charge is 0.377 e. The molecule has 7 heteroatoms. The Morgan fingerprint density at radius 1 is 1.17 bits per heavy atom. The average molecular weight is 340 g/mol. The number of hydrogen-bond donors (Lipinski definition) is 2. The van der Waals surface area contributed by atoms with E-state index >= 15 is 0 Å². The Kier molecular flexibility index (Phi) is 7.16. The zero-order chi connectivity index (χ0) is 17.7. The van der Waals surface area contributed by atoms with E-state index in [9.17, 15) is 14.7 Å². The molecule has 0 aromatic rings. The lowest BCUT2D eigenvalue weighted by molar-refractivity contribution is -0.132. The average Bonchev–Trinajstić information content (AvgIpc) is 2.59. The second kappa shape index (κ2) is 8.89. The minimum atomic E-state index is -0.766. The highest BCUT2D eigenvalue weighted by atomic mass is 16.3. The van der Waals surface area contributed by atoms with Crippen molar-refractivity contribution in [3.05, 3.63) is 0 Å². The second-order valence-corrected chi connectivity index (χ2v) is 7.16. The van der Waals surface area contributed by atoms with Gasteiger partial charge in [-0.2, -0.15) is 0 Å². The highest BCUT2D eigenvalue weighted by molar-refractivity contribution is 5.78. The summed E-state index contributed by atoms with van der Waals surface area (Å²) in [5.41, 5.74) is 0. The molecular formula is C17H32N4O3. The van der Waals surface area contributed by atoms with Gasteiger partial charge in [0, 0.05) is 58.0 Å². The molecule has 7 nitrogen and oxygen atoms in total. The molecule has 3 N–H and O–H groups in total. The predicted molar refractivity (Wildman–Crippen MR) is 91.7 cm³/mol.